The second-order valence-electron chi connectivity index (χ2n) is 5.35. The smallest absolute Gasteiger partial charge is 0.260 e. The summed E-state index contributed by atoms with van der Waals surface area (Å²) in [4.78, 5) is 5.11. The van der Waals surface area contributed by atoms with Crippen molar-refractivity contribution in [2.24, 2.45) is 0 Å². The van der Waals surface area contributed by atoms with E-state index in [1.807, 2.05) is 29.3 Å². The molecule has 0 atom stereocenters. The van der Waals surface area contributed by atoms with Gasteiger partial charge in [-0.25, -0.2) is 8.78 Å². The number of likely N-dealkylation sites (tertiary alicyclic amines) is 1. The van der Waals surface area contributed by atoms with Gasteiger partial charge in [0.2, 0.25) is 0 Å². The van der Waals surface area contributed by atoms with Crippen LogP contribution in [0, 0.1) is 0 Å². The molecule has 0 radical (unpaired) electrons. The van der Waals surface area contributed by atoms with E-state index in [9.17, 15) is 8.78 Å². The summed E-state index contributed by atoms with van der Waals surface area (Å²) in [6.45, 7) is 1.41. The van der Waals surface area contributed by atoms with Crippen molar-refractivity contribution in [2.75, 3.05) is 19.6 Å². The molecule has 4 heteroatoms. The molecule has 3 rings (SSSR count). The van der Waals surface area contributed by atoms with Gasteiger partial charge in [-0.15, -0.1) is 0 Å². The van der Waals surface area contributed by atoms with Gasteiger partial charge in [0, 0.05) is 30.1 Å². The third-order valence-corrected chi connectivity index (χ3v) is 3.84. The molecule has 0 saturated carbocycles. The highest BCUT2D eigenvalue weighted by molar-refractivity contribution is 5.83. The van der Waals surface area contributed by atoms with Gasteiger partial charge in [0.1, 0.15) is 0 Å². The monoisotopic (exact) mass is 264 g/mol. The van der Waals surface area contributed by atoms with Crippen molar-refractivity contribution < 1.29 is 8.78 Å². The van der Waals surface area contributed by atoms with Crippen LogP contribution in [0.25, 0.3) is 10.9 Å². The minimum Gasteiger partial charge on any atom is -0.361 e. The topological polar surface area (TPSA) is 19.0 Å². The standard InChI is InChI=1S/C15H18F2N2/c16-15(17)7-3-8-19(11-15)9-6-12-10-18-14-5-2-1-4-13(12)14/h1-2,4-5,10,18H,3,6-9,11H2. The van der Waals surface area contributed by atoms with Crippen molar-refractivity contribution in [3.05, 3.63) is 36.0 Å². The number of halogens is 2. The molecule has 1 aromatic carbocycles. The summed E-state index contributed by atoms with van der Waals surface area (Å²) in [5.74, 6) is -2.50. The zero-order chi connectivity index (χ0) is 13.3. The number of rotatable bonds is 3. The summed E-state index contributed by atoms with van der Waals surface area (Å²) in [5.41, 5.74) is 2.32. The quantitative estimate of drug-likeness (QED) is 0.899. The molecule has 1 fully saturated rings. The molecule has 19 heavy (non-hydrogen) atoms. The first-order chi connectivity index (χ1) is 9.14. The van der Waals surface area contributed by atoms with Crippen molar-refractivity contribution in [2.45, 2.75) is 25.2 Å². The predicted molar refractivity (Wildman–Crippen MR) is 72.6 cm³/mol. The van der Waals surface area contributed by atoms with E-state index in [0.29, 0.717) is 13.0 Å². The van der Waals surface area contributed by atoms with Crippen LogP contribution in [-0.2, 0) is 6.42 Å². The molecule has 1 N–H and O–H groups in total. The maximum atomic E-state index is 13.3. The Morgan fingerprint density at radius 3 is 2.95 bits per heavy atom. The van der Waals surface area contributed by atoms with Crippen LogP contribution in [0.5, 0.6) is 0 Å². The number of hydrogen-bond acceptors (Lipinski definition) is 1. The average Bonchev–Trinajstić information content (AvgIpc) is 2.78. The van der Waals surface area contributed by atoms with Crippen LogP contribution in [0.4, 0.5) is 8.78 Å². The Bertz CT molecular complexity index is 562. The number of aromatic amines is 1. The van der Waals surface area contributed by atoms with Crippen LogP contribution in [0.15, 0.2) is 30.5 Å². The first kappa shape index (κ1) is 12.6. The Labute approximate surface area is 111 Å². The van der Waals surface area contributed by atoms with E-state index in [-0.39, 0.29) is 13.0 Å². The highest BCUT2D eigenvalue weighted by atomic mass is 19.3. The second-order valence-corrected chi connectivity index (χ2v) is 5.35. The Morgan fingerprint density at radius 1 is 1.26 bits per heavy atom. The molecule has 1 aromatic heterocycles. The summed E-state index contributed by atoms with van der Waals surface area (Å²) < 4.78 is 26.7. The fraction of sp³-hybridized carbons (Fsp3) is 0.467. The van der Waals surface area contributed by atoms with Crippen molar-refractivity contribution in [1.82, 2.24) is 9.88 Å². The normalized spacial score (nSPS) is 19.9. The number of para-hydroxylation sites is 1. The average molecular weight is 264 g/mol. The Hall–Kier alpha value is -1.42. The van der Waals surface area contributed by atoms with Crippen LogP contribution in [-0.4, -0.2) is 35.4 Å². The Kier molecular flexibility index (Phi) is 3.27. The zero-order valence-corrected chi connectivity index (χ0v) is 10.8. The van der Waals surface area contributed by atoms with Crippen LogP contribution < -0.4 is 0 Å². The minimum atomic E-state index is -2.50. The van der Waals surface area contributed by atoms with Crippen molar-refractivity contribution in [1.29, 1.82) is 0 Å². The molecule has 0 aliphatic carbocycles. The van der Waals surface area contributed by atoms with Crippen molar-refractivity contribution in [3.8, 4) is 0 Å². The molecule has 0 amide bonds. The maximum Gasteiger partial charge on any atom is 0.260 e. The number of fused-ring (bicyclic) bond motifs is 1. The number of H-pyrrole nitrogens is 1. The van der Waals surface area contributed by atoms with Crippen LogP contribution in [0.3, 0.4) is 0 Å². The van der Waals surface area contributed by atoms with Crippen molar-refractivity contribution in [3.63, 3.8) is 0 Å². The van der Waals surface area contributed by atoms with E-state index < -0.39 is 5.92 Å². The second kappa shape index (κ2) is 4.93. The molecule has 2 nitrogen and oxygen atoms in total. The van der Waals surface area contributed by atoms with E-state index in [0.717, 1.165) is 18.5 Å². The lowest BCUT2D eigenvalue weighted by Gasteiger charge is -2.32. The molecule has 1 saturated heterocycles. The molecule has 1 aliphatic rings. The van der Waals surface area contributed by atoms with Gasteiger partial charge in [0.15, 0.2) is 0 Å². The van der Waals surface area contributed by atoms with Gasteiger partial charge in [0.05, 0.1) is 6.54 Å². The van der Waals surface area contributed by atoms with Gasteiger partial charge in [-0.3, -0.25) is 4.90 Å². The number of alkyl halides is 2. The first-order valence-corrected chi connectivity index (χ1v) is 6.79. The summed E-state index contributed by atoms with van der Waals surface area (Å²) in [5, 5.41) is 1.20. The molecule has 1 aliphatic heterocycles. The summed E-state index contributed by atoms with van der Waals surface area (Å²) in [6, 6.07) is 8.11. The lowest BCUT2D eigenvalue weighted by atomic mass is 10.1. The molecule has 0 bridgehead atoms. The summed E-state index contributed by atoms with van der Waals surface area (Å²) in [7, 11) is 0. The van der Waals surface area contributed by atoms with E-state index in [4.69, 9.17) is 0 Å². The Balaban J connectivity index is 1.66. The molecule has 2 heterocycles. The molecule has 2 aromatic rings. The van der Waals surface area contributed by atoms with Crippen LogP contribution >= 0.6 is 0 Å². The van der Waals surface area contributed by atoms with E-state index in [2.05, 4.69) is 11.1 Å². The van der Waals surface area contributed by atoms with Gasteiger partial charge in [0.25, 0.3) is 5.92 Å². The van der Waals surface area contributed by atoms with E-state index in [1.54, 1.807) is 0 Å². The zero-order valence-electron chi connectivity index (χ0n) is 10.8. The van der Waals surface area contributed by atoms with E-state index in [1.165, 1.54) is 10.9 Å². The highest BCUT2D eigenvalue weighted by Crippen LogP contribution is 2.27. The van der Waals surface area contributed by atoms with Gasteiger partial charge in [-0.05, 0) is 31.0 Å². The fourth-order valence-corrected chi connectivity index (χ4v) is 2.85. The number of aromatic nitrogens is 1. The van der Waals surface area contributed by atoms with Crippen LogP contribution in [0.2, 0.25) is 0 Å². The largest absolute Gasteiger partial charge is 0.361 e. The summed E-state index contributed by atoms with van der Waals surface area (Å²) in [6.07, 6.45) is 3.45. The number of benzene rings is 1. The van der Waals surface area contributed by atoms with Gasteiger partial charge >= 0.3 is 0 Å². The lowest BCUT2D eigenvalue weighted by molar-refractivity contribution is -0.0635. The lowest BCUT2D eigenvalue weighted by Crippen LogP contribution is -2.43. The van der Waals surface area contributed by atoms with Crippen LogP contribution in [0.1, 0.15) is 18.4 Å². The number of nitrogens with zero attached hydrogens (tertiary/aromatic N) is 1. The maximum absolute atomic E-state index is 13.3. The third kappa shape index (κ3) is 2.78. The molecule has 102 valence electrons. The van der Waals surface area contributed by atoms with Gasteiger partial charge in [-0.2, -0.15) is 0 Å². The van der Waals surface area contributed by atoms with Gasteiger partial charge in [-0.1, -0.05) is 18.2 Å². The number of piperidine rings is 1. The number of nitrogens with one attached hydrogen (secondary N) is 1. The molecular weight excluding hydrogens is 246 g/mol. The van der Waals surface area contributed by atoms with Gasteiger partial charge < -0.3 is 4.98 Å². The molecule has 0 unspecified atom stereocenters. The predicted octanol–water partition coefficient (Wildman–Crippen LogP) is 3.44. The molecular formula is C15H18F2N2. The molecule has 0 spiro atoms. The first-order valence-electron chi connectivity index (χ1n) is 6.79. The highest BCUT2D eigenvalue weighted by Gasteiger charge is 2.34. The van der Waals surface area contributed by atoms with Crippen molar-refractivity contribution >= 4 is 10.9 Å². The minimum absolute atomic E-state index is 0.0383. The number of hydrogen-bond donors (Lipinski definition) is 1. The SMILES string of the molecule is FC1(F)CCCN(CCc2c[nH]c3ccccc23)C1. The fourth-order valence-electron chi connectivity index (χ4n) is 2.85. The third-order valence-electron chi connectivity index (χ3n) is 3.84. The Morgan fingerprint density at radius 2 is 2.11 bits per heavy atom. The summed E-state index contributed by atoms with van der Waals surface area (Å²) >= 11 is 0. The van der Waals surface area contributed by atoms with E-state index >= 15 is 0 Å².